The van der Waals surface area contributed by atoms with Crippen molar-refractivity contribution in [1.82, 2.24) is 9.62 Å². The minimum atomic E-state index is -4.49. The quantitative estimate of drug-likeness (QED) is 0.788. The van der Waals surface area contributed by atoms with E-state index in [4.69, 9.17) is 4.74 Å². The summed E-state index contributed by atoms with van der Waals surface area (Å²) in [5.74, 6) is -0.467. The lowest BCUT2D eigenvalue weighted by Gasteiger charge is -2.32. The average Bonchev–Trinajstić information content (AvgIpc) is 2.51. The Morgan fingerprint density at radius 1 is 1.36 bits per heavy atom. The third kappa shape index (κ3) is 6.58. The molecule has 1 saturated heterocycles. The molecule has 0 bridgehead atoms. The van der Waals surface area contributed by atoms with E-state index in [1.54, 1.807) is 7.11 Å². The van der Waals surface area contributed by atoms with Gasteiger partial charge in [0.1, 0.15) is 0 Å². The zero-order valence-corrected chi connectivity index (χ0v) is 14.9. The molecule has 9 heteroatoms. The molecular weight excluding hydrogens is 357 g/mol. The van der Waals surface area contributed by atoms with E-state index >= 15 is 0 Å². The predicted octanol–water partition coefficient (Wildman–Crippen LogP) is 2.24. The highest BCUT2D eigenvalue weighted by Crippen LogP contribution is 2.29. The molecule has 1 fully saturated rings. The lowest BCUT2D eigenvalue weighted by Crippen LogP contribution is -2.48. The standard InChI is InChI=1S/C16H23F3N2O3S/c1-24-9-8-21-7-3-6-15(11-21)20-25(22,23)12-13-4-2-5-14(10-13)16(17,18)19/h2,4-5,10,15,20H,3,6-9,11-12H2,1H3. The van der Waals surface area contributed by atoms with E-state index in [0.717, 1.165) is 31.6 Å². The summed E-state index contributed by atoms with van der Waals surface area (Å²) in [7, 11) is -2.11. The fraction of sp³-hybridized carbons (Fsp3) is 0.625. The van der Waals surface area contributed by atoms with Gasteiger partial charge in [0.25, 0.3) is 0 Å². The van der Waals surface area contributed by atoms with Gasteiger partial charge >= 0.3 is 6.18 Å². The molecule has 1 aromatic carbocycles. The molecule has 1 aliphatic rings. The second-order valence-corrected chi connectivity index (χ2v) is 7.96. The van der Waals surface area contributed by atoms with Crippen LogP contribution in [0.3, 0.4) is 0 Å². The van der Waals surface area contributed by atoms with Gasteiger partial charge in [-0.2, -0.15) is 13.2 Å². The number of hydrogen-bond donors (Lipinski definition) is 1. The molecule has 1 atom stereocenters. The van der Waals surface area contributed by atoms with Crippen molar-refractivity contribution in [1.29, 1.82) is 0 Å². The maximum atomic E-state index is 12.7. The Balaban J connectivity index is 1.97. The zero-order valence-electron chi connectivity index (χ0n) is 14.1. The number of hydrogen-bond acceptors (Lipinski definition) is 4. The second kappa shape index (κ2) is 8.48. The number of piperidine rings is 1. The van der Waals surface area contributed by atoms with Gasteiger partial charge in [-0.1, -0.05) is 18.2 Å². The highest BCUT2D eigenvalue weighted by Gasteiger charge is 2.31. The smallest absolute Gasteiger partial charge is 0.383 e. The lowest BCUT2D eigenvalue weighted by atomic mass is 10.1. The Hall–Kier alpha value is -1.16. The molecule has 1 aliphatic heterocycles. The van der Waals surface area contributed by atoms with Crippen LogP contribution in [0.1, 0.15) is 24.0 Å². The summed E-state index contributed by atoms with van der Waals surface area (Å²) in [5, 5.41) is 0. The molecule has 2 rings (SSSR count). The molecule has 1 heterocycles. The molecule has 5 nitrogen and oxygen atoms in total. The number of rotatable bonds is 7. The van der Waals surface area contributed by atoms with Crippen LogP contribution in [0, 0.1) is 0 Å². The predicted molar refractivity (Wildman–Crippen MR) is 88.5 cm³/mol. The molecule has 0 aliphatic carbocycles. The van der Waals surface area contributed by atoms with Gasteiger partial charge in [0.15, 0.2) is 0 Å². The largest absolute Gasteiger partial charge is 0.416 e. The first kappa shape index (κ1) is 20.2. The van der Waals surface area contributed by atoms with Gasteiger partial charge in [-0.3, -0.25) is 4.90 Å². The third-order valence-electron chi connectivity index (χ3n) is 4.07. The fourth-order valence-corrected chi connectivity index (χ4v) is 4.33. The minimum absolute atomic E-state index is 0.120. The van der Waals surface area contributed by atoms with Gasteiger partial charge in [0.05, 0.1) is 17.9 Å². The Morgan fingerprint density at radius 3 is 2.80 bits per heavy atom. The van der Waals surface area contributed by atoms with Crippen molar-refractivity contribution in [2.75, 3.05) is 33.4 Å². The van der Waals surface area contributed by atoms with Crippen LogP contribution in [0.2, 0.25) is 0 Å². The topological polar surface area (TPSA) is 58.6 Å². The average molecular weight is 380 g/mol. The van der Waals surface area contributed by atoms with Crippen molar-refractivity contribution in [3.63, 3.8) is 0 Å². The number of likely N-dealkylation sites (tertiary alicyclic amines) is 1. The second-order valence-electron chi connectivity index (χ2n) is 6.21. The van der Waals surface area contributed by atoms with Crippen molar-refractivity contribution in [2.45, 2.75) is 30.8 Å². The summed E-state index contributed by atoms with van der Waals surface area (Å²) in [5.41, 5.74) is -0.724. The lowest BCUT2D eigenvalue weighted by molar-refractivity contribution is -0.137. The minimum Gasteiger partial charge on any atom is -0.383 e. The van der Waals surface area contributed by atoms with Crippen molar-refractivity contribution in [3.05, 3.63) is 35.4 Å². The molecule has 25 heavy (non-hydrogen) atoms. The van der Waals surface area contributed by atoms with E-state index in [9.17, 15) is 21.6 Å². The number of benzene rings is 1. The molecule has 1 aromatic rings. The van der Waals surface area contributed by atoms with Crippen LogP contribution in [-0.2, 0) is 26.7 Å². The van der Waals surface area contributed by atoms with Crippen LogP contribution < -0.4 is 4.72 Å². The van der Waals surface area contributed by atoms with Gasteiger partial charge in [0.2, 0.25) is 10.0 Å². The molecular formula is C16H23F3N2O3S. The van der Waals surface area contributed by atoms with E-state index in [1.807, 2.05) is 0 Å². The number of nitrogens with one attached hydrogen (secondary N) is 1. The van der Waals surface area contributed by atoms with Gasteiger partial charge in [-0.15, -0.1) is 0 Å². The van der Waals surface area contributed by atoms with E-state index in [0.29, 0.717) is 19.6 Å². The molecule has 0 radical (unpaired) electrons. The van der Waals surface area contributed by atoms with E-state index in [2.05, 4.69) is 9.62 Å². The number of methoxy groups -OCH3 is 1. The third-order valence-corrected chi connectivity index (χ3v) is 5.48. The summed E-state index contributed by atoms with van der Waals surface area (Å²) >= 11 is 0. The Labute approximate surface area is 146 Å². The number of nitrogens with zero attached hydrogens (tertiary/aromatic N) is 1. The zero-order chi connectivity index (χ0) is 18.5. The summed E-state index contributed by atoms with van der Waals surface area (Å²) in [6.45, 7) is 2.76. The van der Waals surface area contributed by atoms with Crippen LogP contribution in [0.25, 0.3) is 0 Å². The molecule has 1 N–H and O–H groups in total. The van der Waals surface area contributed by atoms with Gasteiger partial charge in [-0.05, 0) is 31.0 Å². The molecule has 1 unspecified atom stereocenters. The maximum Gasteiger partial charge on any atom is 0.416 e. The highest BCUT2D eigenvalue weighted by molar-refractivity contribution is 7.88. The maximum absolute atomic E-state index is 12.7. The SMILES string of the molecule is COCCN1CCCC(NS(=O)(=O)Cc2cccc(C(F)(F)F)c2)C1. The summed E-state index contributed by atoms with van der Waals surface area (Å²) in [4.78, 5) is 2.12. The monoisotopic (exact) mass is 380 g/mol. The van der Waals surface area contributed by atoms with E-state index in [1.165, 1.54) is 12.1 Å². The van der Waals surface area contributed by atoms with Gasteiger partial charge < -0.3 is 4.74 Å². The van der Waals surface area contributed by atoms with Crippen LogP contribution in [0.4, 0.5) is 13.2 Å². The first-order valence-electron chi connectivity index (χ1n) is 8.07. The Morgan fingerprint density at radius 2 is 2.12 bits per heavy atom. The summed E-state index contributed by atoms with van der Waals surface area (Å²) in [6, 6.07) is 4.19. The van der Waals surface area contributed by atoms with E-state index in [-0.39, 0.29) is 11.6 Å². The first-order chi connectivity index (χ1) is 11.7. The normalized spacial score (nSPS) is 19.9. The molecule has 0 aromatic heterocycles. The number of sulfonamides is 1. The van der Waals surface area contributed by atoms with Crippen molar-refractivity contribution in [2.24, 2.45) is 0 Å². The highest BCUT2D eigenvalue weighted by atomic mass is 32.2. The van der Waals surface area contributed by atoms with Gasteiger partial charge in [-0.25, -0.2) is 13.1 Å². The summed E-state index contributed by atoms with van der Waals surface area (Å²) in [6.07, 6.45) is -2.91. The number of ether oxygens (including phenoxy) is 1. The van der Waals surface area contributed by atoms with Crippen molar-refractivity contribution < 1.29 is 26.3 Å². The van der Waals surface area contributed by atoms with Crippen molar-refractivity contribution in [3.8, 4) is 0 Å². The molecule has 0 amide bonds. The Kier molecular flexibility index (Phi) is 6.84. The van der Waals surface area contributed by atoms with Gasteiger partial charge in [0, 0.05) is 26.2 Å². The van der Waals surface area contributed by atoms with Crippen LogP contribution in [-0.4, -0.2) is 52.7 Å². The Bertz CT molecular complexity index is 665. The number of halogens is 3. The molecule has 142 valence electrons. The van der Waals surface area contributed by atoms with Crippen molar-refractivity contribution >= 4 is 10.0 Å². The summed E-state index contributed by atoms with van der Waals surface area (Å²) < 4.78 is 70.5. The molecule has 0 spiro atoms. The van der Waals surface area contributed by atoms with E-state index < -0.39 is 27.5 Å². The molecule has 0 saturated carbocycles. The number of alkyl halides is 3. The van der Waals surface area contributed by atoms with Crippen LogP contribution in [0.15, 0.2) is 24.3 Å². The first-order valence-corrected chi connectivity index (χ1v) is 9.72. The van der Waals surface area contributed by atoms with Crippen LogP contribution >= 0.6 is 0 Å². The fourth-order valence-electron chi connectivity index (χ4n) is 2.93. The van der Waals surface area contributed by atoms with Crippen LogP contribution in [0.5, 0.6) is 0 Å².